The van der Waals surface area contributed by atoms with Crippen molar-refractivity contribution >= 4 is 58.0 Å². The number of hydrogen-bond acceptors (Lipinski definition) is 4. The number of anilines is 2. The van der Waals surface area contributed by atoms with E-state index in [4.69, 9.17) is 39.5 Å². The quantitative estimate of drug-likeness (QED) is 0.459. The molecule has 0 bridgehead atoms. The number of carbonyl (C=O) groups excluding carboxylic acids is 2. The number of rotatable bonds is 5. The van der Waals surface area contributed by atoms with Crippen LogP contribution >= 0.6 is 34.8 Å². The Morgan fingerprint density at radius 3 is 1.97 bits per heavy atom. The third-order valence-corrected chi connectivity index (χ3v) is 6.43. The molecule has 3 aromatic carbocycles. The minimum atomic E-state index is -0.325. The second-order valence-electron chi connectivity index (χ2n) is 7.76. The number of piperazine rings is 1. The first-order chi connectivity index (χ1) is 16.4. The standard InChI is InChI=1S/C25H22Cl3N3O3/c1-34-23-21(27)14-17(15-22(23)28)24(32)29-19-6-8-20(9-7-19)30-10-12-31(13-11-30)25(33)16-2-4-18(26)5-3-16/h2-9,14-15H,10-13H2,1H3,(H,29,32). The van der Waals surface area contributed by atoms with E-state index in [1.165, 1.54) is 19.2 Å². The molecular formula is C25H22Cl3N3O3. The summed E-state index contributed by atoms with van der Waals surface area (Å²) in [7, 11) is 1.46. The van der Waals surface area contributed by atoms with E-state index >= 15 is 0 Å². The number of hydrogen-bond donors (Lipinski definition) is 1. The molecule has 0 aromatic heterocycles. The summed E-state index contributed by atoms with van der Waals surface area (Å²) < 4.78 is 5.12. The number of halogens is 3. The van der Waals surface area contributed by atoms with Crippen molar-refractivity contribution in [2.75, 3.05) is 43.5 Å². The smallest absolute Gasteiger partial charge is 0.255 e. The summed E-state index contributed by atoms with van der Waals surface area (Å²) in [5, 5.41) is 3.99. The lowest BCUT2D eigenvalue weighted by atomic mass is 10.1. The van der Waals surface area contributed by atoms with Gasteiger partial charge in [0.2, 0.25) is 0 Å². The van der Waals surface area contributed by atoms with Gasteiger partial charge in [0.25, 0.3) is 11.8 Å². The fourth-order valence-electron chi connectivity index (χ4n) is 3.79. The van der Waals surface area contributed by atoms with Gasteiger partial charge in [-0.15, -0.1) is 0 Å². The van der Waals surface area contributed by atoms with E-state index in [1.807, 2.05) is 29.2 Å². The maximum atomic E-state index is 12.7. The molecule has 1 aliphatic heterocycles. The monoisotopic (exact) mass is 517 g/mol. The van der Waals surface area contributed by atoms with Gasteiger partial charge in [-0.2, -0.15) is 0 Å². The molecule has 0 radical (unpaired) electrons. The van der Waals surface area contributed by atoms with Gasteiger partial charge in [0.1, 0.15) is 0 Å². The Morgan fingerprint density at radius 1 is 0.824 bits per heavy atom. The van der Waals surface area contributed by atoms with Gasteiger partial charge >= 0.3 is 0 Å². The molecule has 9 heteroatoms. The minimum absolute atomic E-state index is 0.00751. The van der Waals surface area contributed by atoms with Crippen molar-refractivity contribution in [3.05, 3.63) is 86.9 Å². The Bertz CT molecular complexity index is 1170. The molecule has 1 heterocycles. The Balaban J connectivity index is 1.35. The van der Waals surface area contributed by atoms with Gasteiger partial charge in [-0.05, 0) is 60.7 Å². The van der Waals surface area contributed by atoms with Crippen molar-refractivity contribution in [2.24, 2.45) is 0 Å². The second kappa shape index (κ2) is 10.6. The average molecular weight is 519 g/mol. The lowest BCUT2D eigenvalue weighted by Crippen LogP contribution is -2.48. The van der Waals surface area contributed by atoms with E-state index in [-0.39, 0.29) is 21.9 Å². The summed E-state index contributed by atoms with van der Waals surface area (Å²) in [5.41, 5.74) is 2.64. The number of methoxy groups -OCH3 is 1. The fraction of sp³-hybridized carbons (Fsp3) is 0.200. The van der Waals surface area contributed by atoms with Gasteiger partial charge in [0.05, 0.1) is 17.2 Å². The highest BCUT2D eigenvalue weighted by atomic mass is 35.5. The number of nitrogens with one attached hydrogen (secondary N) is 1. The van der Waals surface area contributed by atoms with Crippen LogP contribution in [-0.4, -0.2) is 50.0 Å². The molecule has 1 aliphatic rings. The predicted molar refractivity (Wildman–Crippen MR) is 137 cm³/mol. The van der Waals surface area contributed by atoms with E-state index in [1.54, 1.807) is 24.3 Å². The minimum Gasteiger partial charge on any atom is -0.494 e. The van der Waals surface area contributed by atoms with Gasteiger partial charge in [0, 0.05) is 53.7 Å². The molecule has 4 rings (SSSR count). The first-order valence-electron chi connectivity index (χ1n) is 10.6. The Labute approximate surface area is 213 Å². The maximum Gasteiger partial charge on any atom is 0.255 e. The Kier molecular flexibility index (Phi) is 7.51. The molecule has 0 aliphatic carbocycles. The summed E-state index contributed by atoms with van der Waals surface area (Å²) in [6, 6.07) is 17.5. The third-order valence-electron chi connectivity index (χ3n) is 5.61. The highest BCUT2D eigenvalue weighted by Crippen LogP contribution is 2.34. The lowest BCUT2D eigenvalue weighted by molar-refractivity contribution is 0.0746. The summed E-state index contributed by atoms with van der Waals surface area (Å²) in [4.78, 5) is 29.4. The summed E-state index contributed by atoms with van der Waals surface area (Å²) in [6.45, 7) is 2.68. The van der Waals surface area contributed by atoms with E-state index in [0.29, 0.717) is 53.8 Å². The zero-order valence-electron chi connectivity index (χ0n) is 18.4. The second-order valence-corrected chi connectivity index (χ2v) is 9.01. The fourth-order valence-corrected chi connectivity index (χ4v) is 4.55. The van der Waals surface area contributed by atoms with Crippen molar-refractivity contribution in [2.45, 2.75) is 0 Å². The largest absolute Gasteiger partial charge is 0.494 e. The van der Waals surface area contributed by atoms with Gasteiger partial charge in [-0.3, -0.25) is 9.59 Å². The number of amides is 2. The number of ether oxygens (including phenoxy) is 1. The number of carbonyl (C=O) groups is 2. The van der Waals surface area contributed by atoms with Crippen LogP contribution in [-0.2, 0) is 0 Å². The highest BCUT2D eigenvalue weighted by molar-refractivity contribution is 6.37. The average Bonchev–Trinajstić information content (AvgIpc) is 2.84. The molecule has 0 unspecified atom stereocenters. The molecule has 176 valence electrons. The van der Waals surface area contributed by atoms with E-state index < -0.39 is 0 Å². The van der Waals surface area contributed by atoms with Crippen LogP contribution in [0.5, 0.6) is 5.75 Å². The van der Waals surface area contributed by atoms with Crippen LogP contribution in [0.3, 0.4) is 0 Å². The van der Waals surface area contributed by atoms with Crippen molar-refractivity contribution in [3.63, 3.8) is 0 Å². The Morgan fingerprint density at radius 2 is 1.41 bits per heavy atom. The molecule has 6 nitrogen and oxygen atoms in total. The van der Waals surface area contributed by atoms with Crippen LogP contribution in [0.15, 0.2) is 60.7 Å². The van der Waals surface area contributed by atoms with Crippen LogP contribution in [0.2, 0.25) is 15.1 Å². The third kappa shape index (κ3) is 5.41. The van der Waals surface area contributed by atoms with Crippen LogP contribution in [0.4, 0.5) is 11.4 Å². The first kappa shape index (κ1) is 24.2. The van der Waals surface area contributed by atoms with E-state index in [9.17, 15) is 9.59 Å². The van der Waals surface area contributed by atoms with E-state index in [0.717, 1.165) is 5.69 Å². The van der Waals surface area contributed by atoms with Crippen molar-refractivity contribution in [1.29, 1.82) is 0 Å². The highest BCUT2D eigenvalue weighted by Gasteiger charge is 2.22. The van der Waals surface area contributed by atoms with E-state index in [2.05, 4.69) is 10.2 Å². The van der Waals surface area contributed by atoms with Crippen LogP contribution in [0, 0.1) is 0 Å². The summed E-state index contributed by atoms with van der Waals surface area (Å²) in [5.74, 6) is 0.0147. The SMILES string of the molecule is COc1c(Cl)cc(C(=O)Nc2ccc(N3CCN(C(=O)c4ccc(Cl)cc4)CC3)cc2)cc1Cl. The predicted octanol–water partition coefficient (Wildman–Crippen LogP) is 5.87. The molecular weight excluding hydrogens is 497 g/mol. The molecule has 2 amide bonds. The van der Waals surface area contributed by atoms with Crippen LogP contribution < -0.4 is 15.0 Å². The molecule has 0 saturated carbocycles. The lowest BCUT2D eigenvalue weighted by Gasteiger charge is -2.36. The molecule has 3 aromatic rings. The summed E-state index contributed by atoms with van der Waals surface area (Å²) in [6.07, 6.45) is 0. The van der Waals surface area contributed by atoms with Gasteiger partial charge < -0.3 is 19.9 Å². The van der Waals surface area contributed by atoms with Crippen LogP contribution in [0.1, 0.15) is 20.7 Å². The van der Waals surface area contributed by atoms with Crippen molar-refractivity contribution in [3.8, 4) is 5.75 Å². The van der Waals surface area contributed by atoms with Gasteiger partial charge in [0.15, 0.2) is 5.75 Å². The maximum absolute atomic E-state index is 12.7. The van der Waals surface area contributed by atoms with Gasteiger partial charge in [-0.25, -0.2) is 0 Å². The molecule has 1 saturated heterocycles. The molecule has 0 atom stereocenters. The molecule has 1 N–H and O–H groups in total. The normalized spacial score (nSPS) is 13.5. The first-order valence-corrected chi connectivity index (χ1v) is 11.7. The van der Waals surface area contributed by atoms with Crippen LogP contribution in [0.25, 0.3) is 0 Å². The molecule has 1 fully saturated rings. The number of benzene rings is 3. The zero-order valence-corrected chi connectivity index (χ0v) is 20.6. The Hall–Kier alpha value is -2.93. The zero-order chi connectivity index (χ0) is 24.2. The molecule has 0 spiro atoms. The van der Waals surface area contributed by atoms with Crippen molar-refractivity contribution < 1.29 is 14.3 Å². The van der Waals surface area contributed by atoms with Crippen molar-refractivity contribution in [1.82, 2.24) is 4.90 Å². The van der Waals surface area contributed by atoms with Gasteiger partial charge in [-0.1, -0.05) is 34.8 Å². The molecule has 34 heavy (non-hydrogen) atoms. The summed E-state index contributed by atoms with van der Waals surface area (Å²) >= 11 is 18.2. The number of nitrogens with zero attached hydrogens (tertiary/aromatic N) is 2. The topological polar surface area (TPSA) is 61.9 Å².